The van der Waals surface area contributed by atoms with Crippen molar-refractivity contribution >= 4 is 35.0 Å². The summed E-state index contributed by atoms with van der Waals surface area (Å²) in [5.74, 6) is 0.465. The van der Waals surface area contributed by atoms with Crippen LogP contribution < -0.4 is 10.1 Å². The van der Waals surface area contributed by atoms with E-state index in [1.165, 1.54) is 0 Å². The second-order valence-corrected chi connectivity index (χ2v) is 8.38. The fourth-order valence-electron chi connectivity index (χ4n) is 3.36. The Morgan fingerprint density at radius 1 is 1.06 bits per heavy atom. The Morgan fingerprint density at radius 2 is 1.77 bits per heavy atom. The SMILES string of the molecule is CCNC(=O)C(CC)N(Cc1ccc(Cl)c(Cl)c1)C(=O)COc1ccccc1C(C)C. The number of hydrogen-bond acceptors (Lipinski definition) is 3. The van der Waals surface area contributed by atoms with E-state index in [2.05, 4.69) is 19.2 Å². The van der Waals surface area contributed by atoms with E-state index in [4.69, 9.17) is 27.9 Å². The van der Waals surface area contributed by atoms with E-state index in [1.807, 2.05) is 38.1 Å². The fourth-order valence-corrected chi connectivity index (χ4v) is 3.68. The summed E-state index contributed by atoms with van der Waals surface area (Å²) in [6.07, 6.45) is 0.474. The van der Waals surface area contributed by atoms with Crippen LogP contribution in [0.1, 0.15) is 51.2 Å². The topological polar surface area (TPSA) is 58.6 Å². The normalized spacial score (nSPS) is 11.8. The monoisotopic (exact) mass is 464 g/mol. The third-order valence-corrected chi connectivity index (χ3v) is 5.71. The molecular formula is C24H30Cl2N2O3. The lowest BCUT2D eigenvalue weighted by Gasteiger charge is -2.30. The minimum Gasteiger partial charge on any atom is -0.483 e. The van der Waals surface area contributed by atoms with Crippen molar-refractivity contribution in [3.05, 3.63) is 63.6 Å². The van der Waals surface area contributed by atoms with Crippen LogP contribution in [0.3, 0.4) is 0 Å². The summed E-state index contributed by atoms with van der Waals surface area (Å²) in [4.78, 5) is 27.4. The van der Waals surface area contributed by atoms with Crippen LogP contribution in [0.15, 0.2) is 42.5 Å². The summed E-state index contributed by atoms with van der Waals surface area (Å²) < 4.78 is 5.89. The van der Waals surface area contributed by atoms with Crippen LogP contribution in [0.2, 0.25) is 10.0 Å². The maximum Gasteiger partial charge on any atom is 0.261 e. The van der Waals surface area contributed by atoms with Crippen molar-refractivity contribution in [3.63, 3.8) is 0 Å². The molecule has 168 valence electrons. The number of para-hydroxylation sites is 1. The molecule has 0 bridgehead atoms. The minimum absolute atomic E-state index is 0.166. The number of benzene rings is 2. The van der Waals surface area contributed by atoms with Gasteiger partial charge >= 0.3 is 0 Å². The van der Waals surface area contributed by atoms with Crippen molar-refractivity contribution in [1.29, 1.82) is 0 Å². The van der Waals surface area contributed by atoms with Gasteiger partial charge < -0.3 is 15.0 Å². The second-order valence-electron chi connectivity index (χ2n) is 7.57. The molecule has 7 heteroatoms. The lowest BCUT2D eigenvalue weighted by Crippen LogP contribution is -2.50. The molecule has 2 aromatic rings. The predicted octanol–water partition coefficient (Wildman–Crippen LogP) is 5.44. The Kier molecular flexibility index (Phi) is 9.66. The number of hydrogen-bond donors (Lipinski definition) is 1. The Balaban J connectivity index is 2.26. The number of carbonyl (C=O) groups is 2. The molecule has 2 rings (SSSR count). The molecule has 0 spiro atoms. The summed E-state index contributed by atoms with van der Waals surface area (Å²) in [5, 5.41) is 3.66. The van der Waals surface area contributed by atoms with Gasteiger partial charge in [-0.3, -0.25) is 9.59 Å². The minimum atomic E-state index is -0.620. The zero-order chi connectivity index (χ0) is 23.0. The first-order chi connectivity index (χ1) is 14.8. The highest BCUT2D eigenvalue weighted by Gasteiger charge is 2.29. The molecule has 31 heavy (non-hydrogen) atoms. The van der Waals surface area contributed by atoms with Crippen molar-refractivity contribution in [3.8, 4) is 5.75 Å². The molecule has 0 heterocycles. The van der Waals surface area contributed by atoms with E-state index in [0.29, 0.717) is 28.8 Å². The number of halogens is 2. The summed E-state index contributed by atoms with van der Waals surface area (Å²) in [7, 11) is 0. The molecule has 0 aliphatic heterocycles. The van der Waals surface area contributed by atoms with Gasteiger partial charge in [0, 0.05) is 13.1 Å². The number of nitrogens with one attached hydrogen (secondary N) is 1. The zero-order valence-electron chi connectivity index (χ0n) is 18.5. The van der Waals surface area contributed by atoms with E-state index in [1.54, 1.807) is 23.1 Å². The van der Waals surface area contributed by atoms with Gasteiger partial charge in [0.05, 0.1) is 10.0 Å². The van der Waals surface area contributed by atoms with E-state index in [-0.39, 0.29) is 30.9 Å². The van der Waals surface area contributed by atoms with E-state index in [9.17, 15) is 9.59 Å². The van der Waals surface area contributed by atoms with Crippen LogP contribution >= 0.6 is 23.2 Å². The highest BCUT2D eigenvalue weighted by molar-refractivity contribution is 6.42. The summed E-state index contributed by atoms with van der Waals surface area (Å²) in [6.45, 7) is 8.42. The quantitative estimate of drug-likeness (QED) is 0.509. The van der Waals surface area contributed by atoms with Gasteiger partial charge in [-0.05, 0) is 48.6 Å². The molecule has 1 atom stereocenters. The van der Waals surface area contributed by atoms with Gasteiger partial charge in [0.2, 0.25) is 5.91 Å². The van der Waals surface area contributed by atoms with Crippen molar-refractivity contribution < 1.29 is 14.3 Å². The fraction of sp³-hybridized carbons (Fsp3) is 0.417. The maximum absolute atomic E-state index is 13.2. The molecule has 1 N–H and O–H groups in total. The lowest BCUT2D eigenvalue weighted by atomic mass is 10.0. The Bertz CT molecular complexity index is 902. The highest BCUT2D eigenvalue weighted by Crippen LogP contribution is 2.27. The van der Waals surface area contributed by atoms with Gasteiger partial charge in [0.25, 0.3) is 5.91 Å². The summed E-state index contributed by atoms with van der Waals surface area (Å²) in [6, 6.07) is 12.2. The molecule has 0 fully saturated rings. The van der Waals surface area contributed by atoms with Crippen LogP contribution in [0.4, 0.5) is 0 Å². The van der Waals surface area contributed by atoms with Gasteiger partial charge in [-0.1, -0.05) is 68.2 Å². The van der Waals surface area contributed by atoms with Crippen molar-refractivity contribution in [2.45, 2.75) is 52.6 Å². The second kappa shape index (κ2) is 12.0. The van der Waals surface area contributed by atoms with Crippen LogP contribution in [-0.2, 0) is 16.1 Å². The Morgan fingerprint density at radius 3 is 2.39 bits per heavy atom. The van der Waals surface area contributed by atoms with Gasteiger partial charge in [-0.2, -0.15) is 0 Å². The van der Waals surface area contributed by atoms with Crippen LogP contribution in [-0.4, -0.2) is 35.9 Å². The molecule has 0 saturated carbocycles. The zero-order valence-corrected chi connectivity index (χ0v) is 20.0. The summed E-state index contributed by atoms with van der Waals surface area (Å²) >= 11 is 12.2. The van der Waals surface area contributed by atoms with Gasteiger partial charge in [0.1, 0.15) is 11.8 Å². The third-order valence-electron chi connectivity index (χ3n) is 4.97. The molecule has 0 aliphatic carbocycles. The van der Waals surface area contributed by atoms with Crippen LogP contribution in [0, 0.1) is 0 Å². The van der Waals surface area contributed by atoms with Crippen LogP contribution in [0.5, 0.6) is 5.75 Å². The number of nitrogens with zero attached hydrogens (tertiary/aromatic N) is 1. The molecule has 0 aromatic heterocycles. The van der Waals surface area contributed by atoms with Crippen molar-refractivity contribution in [1.82, 2.24) is 10.2 Å². The van der Waals surface area contributed by atoms with Gasteiger partial charge in [-0.15, -0.1) is 0 Å². The molecule has 0 aliphatic rings. The molecule has 1 unspecified atom stereocenters. The lowest BCUT2D eigenvalue weighted by molar-refractivity contribution is -0.142. The number of rotatable bonds is 10. The van der Waals surface area contributed by atoms with E-state index >= 15 is 0 Å². The predicted molar refractivity (Wildman–Crippen MR) is 126 cm³/mol. The molecule has 2 amide bonds. The smallest absolute Gasteiger partial charge is 0.261 e. The Hall–Kier alpha value is -2.24. The van der Waals surface area contributed by atoms with Crippen molar-refractivity contribution in [2.75, 3.05) is 13.2 Å². The average Bonchev–Trinajstić information content (AvgIpc) is 2.74. The van der Waals surface area contributed by atoms with Crippen molar-refractivity contribution in [2.24, 2.45) is 0 Å². The number of amides is 2. The first-order valence-electron chi connectivity index (χ1n) is 10.5. The Labute approximate surface area is 194 Å². The van der Waals surface area contributed by atoms with E-state index < -0.39 is 6.04 Å². The molecule has 2 aromatic carbocycles. The largest absolute Gasteiger partial charge is 0.483 e. The molecule has 5 nitrogen and oxygen atoms in total. The third kappa shape index (κ3) is 6.88. The van der Waals surface area contributed by atoms with Gasteiger partial charge in [0.15, 0.2) is 6.61 Å². The number of ether oxygens (including phenoxy) is 1. The number of likely N-dealkylation sites (N-methyl/N-ethyl adjacent to an activating group) is 1. The standard InChI is InChI=1S/C24H30Cl2N2O3/c1-5-21(24(30)27-6-2)28(14-17-11-12-19(25)20(26)13-17)23(29)15-31-22-10-8-7-9-18(22)16(3)4/h7-13,16,21H,5-6,14-15H2,1-4H3,(H,27,30). The number of carbonyl (C=O) groups excluding carboxylic acids is 2. The average molecular weight is 465 g/mol. The molecule has 0 radical (unpaired) electrons. The summed E-state index contributed by atoms with van der Waals surface area (Å²) in [5.41, 5.74) is 1.81. The highest BCUT2D eigenvalue weighted by atomic mass is 35.5. The maximum atomic E-state index is 13.2. The van der Waals surface area contributed by atoms with E-state index in [0.717, 1.165) is 11.1 Å². The van der Waals surface area contributed by atoms with Gasteiger partial charge in [-0.25, -0.2) is 0 Å². The first kappa shape index (κ1) is 25.0. The molecular weight excluding hydrogens is 435 g/mol. The molecule has 0 saturated heterocycles. The first-order valence-corrected chi connectivity index (χ1v) is 11.3. The van der Waals surface area contributed by atoms with Crippen LogP contribution in [0.25, 0.3) is 0 Å².